The molecule has 0 aromatic carbocycles. The molecule has 8 heteroatoms. The number of aliphatic imine (C=N–C) groups is 1. The Balaban J connectivity index is 0.00000312. The molecule has 1 aliphatic rings. The first-order valence-electron chi connectivity index (χ1n) is 8.42. The molecule has 1 fully saturated rings. The topological polar surface area (TPSA) is 71.8 Å². The second-order valence-corrected chi connectivity index (χ2v) is 7.31. The van der Waals surface area contributed by atoms with Gasteiger partial charge >= 0.3 is 5.97 Å². The normalized spacial score (nSPS) is 18.0. The van der Waals surface area contributed by atoms with Gasteiger partial charge in [-0.05, 0) is 45.1 Å². The molecule has 1 N–H and O–H groups in total. The predicted molar refractivity (Wildman–Crippen MR) is 109 cm³/mol. The molecule has 7 nitrogen and oxygen atoms in total. The fourth-order valence-electron chi connectivity index (χ4n) is 2.96. The monoisotopic (exact) mass is 463 g/mol. The van der Waals surface area contributed by atoms with Crippen LogP contribution in [0.25, 0.3) is 0 Å². The van der Waals surface area contributed by atoms with E-state index in [1.165, 1.54) is 5.56 Å². The third-order valence-electron chi connectivity index (χ3n) is 3.89. The lowest BCUT2D eigenvalue weighted by molar-refractivity contribution is -0.153. The van der Waals surface area contributed by atoms with Gasteiger partial charge < -0.3 is 15.0 Å². The van der Waals surface area contributed by atoms with Crippen molar-refractivity contribution in [3.8, 4) is 0 Å². The third kappa shape index (κ3) is 7.21. The summed E-state index contributed by atoms with van der Waals surface area (Å²) in [7, 11) is 3.68. The van der Waals surface area contributed by atoms with E-state index in [1.54, 1.807) is 7.05 Å². The first-order valence-corrected chi connectivity index (χ1v) is 8.42. The Bertz CT molecular complexity index is 594. The quantitative estimate of drug-likeness (QED) is 0.319. The van der Waals surface area contributed by atoms with Crippen molar-refractivity contribution in [2.24, 2.45) is 18.0 Å². The smallest absolute Gasteiger partial charge is 0.325 e. The zero-order chi connectivity index (χ0) is 17.7. The van der Waals surface area contributed by atoms with E-state index in [0.29, 0.717) is 5.92 Å². The van der Waals surface area contributed by atoms with Crippen molar-refractivity contribution in [2.45, 2.75) is 39.2 Å². The molecule has 0 bridgehead atoms. The number of carbonyl (C=O) groups is 1. The lowest BCUT2D eigenvalue weighted by Crippen LogP contribution is -2.43. The summed E-state index contributed by atoms with van der Waals surface area (Å²) in [6, 6.07) is 0. The van der Waals surface area contributed by atoms with Crippen LogP contribution in [0.3, 0.4) is 0 Å². The number of hydrogen-bond donors (Lipinski definition) is 1. The van der Waals surface area contributed by atoms with E-state index in [1.807, 2.05) is 38.7 Å². The molecule has 1 aliphatic heterocycles. The minimum atomic E-state index is -0.468. The number of rotatable bonds is 4. The number of halogens is 1. The minimum Gasteiger partial charge on any atom is -0.459 e. The van der Waals surface area contributed by atoms with Gasteiger partial charge in [0.25, 0.3) is 0 Å². The average molecular weight is 463 g/mol. The highest BCUT2D eigenvalue weighted by molar-refractivity contribution is 14.0. The standard InChI is InChI=1S/C17H29N5O2.HI/c1-17(2,3)24-15(23)10-19-16(18-4)22-7-6-13(12-22)8-14-9-20-21(5)11-14;/h9,11,13H,6-8,10,12H2,1-5H3,(H,18,19);1H. The largest absolute Gasteiger partial charge is 0.459 e. The van der Waals surface area contributed by atoms with Crippen molar-refractivity contribution in [3.05, 3.63) is 18.0 Å². The van der Waals surface area contributed by atoms with E-state index in [9.17, 15) is 4.79 Å². The number of nitrogens with zero attached hydrogens (tertiary/aromatic N) is 4. The Hall–Kier alpha value is -1.32. The Kier molecular flexibility index (Phi) is 8.17. The lowest BCUT2D eigenvalue weighted by Gasteiger charge is -2.23. The number of nitrogens with one attached hydrogen (secondary N) is 1. The summed E-state index contributed by atoms with van der Waals surface area (Å²) in [6.45, 7) is 7.60. The van der Waals surface area contributed by atoms with Crippen molar-refractivity contribution in [3.63, 3.8) is 0 Å². The first kappa shape index (κ1) is 21.7. The molecule has 1 atom stereocenters. The van der Waals surface area contributed by atoms with Crippen molar-refractivity contribution in [1.82, 2.24) is 20.0 Å². The minimum absolute atomic E-state index is 0. The highest BCUT2D eigenvalue weighted by Crippen LogP contribution is 2.20. The van der Waals surface area contributed by atoms with Gasteiger partial charge in [0, 0.05) is 33.4 Å². The lowest BCUT2D eigenvalue weighted by atomic mass is 10.0. The molecule has 0 aliphatic carbocycles. The average Bonchev–Trinajstić information content (AvgIpc) is 3.08. The van der Waals surface area contributed by atoms with Crippen molar-refractivity contribution < 1.29 is 9.53 Å². The van der Waals surface area contributed by atoms with Gasteiger partial charge in [-0.2, -0.15) is 5.10 Å². The predicted octanol–water partition coefficient (Wildman–Crippen LogP) is 1.82. The molecule has 142 valence electrons. The number of guanidine groups is 1. The summed E-state index contributed by atoms with van der Waals surface area (Å²) in [5.41, 5.74) is 0.797. The number of hydrogen-bond acceptors (Lipinski definition) is 4. The number of esters is 1. The maximum Gasteiger partial charge on any atom is 0.325 e. The summed E-state index contributed by atoms with van der Waals surface area (Å²) in [6.07, 6.45) is 6.13. The van der Waals surface area contributed by atoms with Gasteiger partial charge in [-0.1, -0.05) is 0 Å². The number of likely N-dealkylation sites (tertiary alicyclic amines) is 1. The second-order valence-electron chi connectivity index (χ2n) is 7.31. The summed E-state index contributed by atoms with van der Waals surface area (Å²) in [5, 5.41) is 7.33. The van der Waals surface area contributed by atoms with Gasteiger partial charge in [0.15, 0.2) is 5.96 Å². The highest BCUT2D eigenvalue weighted by atomic mass is 127. The molecule has 2 rings (SSSR count). The van der Waals surface area contributed by atoms with Crippen LogP contribution in [-0.2, 0) is 23.0 Å². The van der Waals surface area contributed by atoms with Crippen LogP contribution in [0.2, 0.25) is 0 Å². The molecular formula is C17H30IN5O2. The maximum atomic E-state index is 11.8. The van der Waals surface area contributed by atoms with Crippen LogP contribution >= 0.6 is 24.0 Å². The molecule has 2 heterocycles. The molecule has 1 unspecified atom stereocenters. The van der Waals surface area contributed by atoms with Crippen LogP contribution in [0.1, 0.15) is 32.8 Å². The van der Waals surface area contributed by atoms with Crippen molar-refractivity contribution >= 4 is 35.9 Å². The summed E-state index contributed by atoms with van der Waals surface area (Å²) in [4.78, 5) is 18.3. The molecule has 1 saturated heterocycles. The zero-order valence-corrected chi connectivity index (χ0v) is 18.1. The van der Waals surface area contributed by atoms with Gasteiger partial charge in [0.05, 0.1) is 6.20 Å². The number of ether oxygens (including phenoxy) is 1. The Morgan fingerprint density at radius 2 is 2.20 bits per heavy atom. The van der Waals surface area contributed by atoms with E-state index in [-0.39, 0.29) is 36.5 Å². The highest BCUT2D eigenvalue weighted by Gasteiger charge is 2.26. The molecule has 25 heavy (non-hydrogen) atoms. The van der Waals surface area contributed by atoms with Gasteiger partial charge in [0.2, 0.25) is 0 Å². The fourth-order valence-corrected chi connectivity index (χ4v) is 2.96. The SMILES string of the molecule is CN=C(NCC(=O)OC(C)(C)C)N1CCC(Cc2cnn(C)c2)C1.I. The first-order chi connectivity index (χ1) is 11.3. The number of carbonyl (C=O) groups excluding carboxylic acids is 1. The third-order valence-corrected chi connectivity index (χ3v) is 3.89. The zero-order valence-electron chi connectivity index (χ0n) is 15.8. The van der Waals surface area contributed by atoms with E-state index in [4.69, 9.17) is 4.74 Å². The van der Waals surface area contributed by atoms with E-state index < -0.39 is 5.60 Å². The van der Waals surface area contributed by atoms with Crippen LogP contribution < -0.4 is 5.32 Å². The Labute approximate surface area is 167 Å². The van der Waals surface area contributed by atoms with Gasteiger partial charge in [-0.25, -0.2) is 0 Å². The van der Waals surface area contributed by atoms with Crippen LogP contribution in [0.4, 0.5) is 0 Å². The van der Waals surface area contributed by atoms with Crippen molar-refractivity contribution in [2.75, 3.05) is 26.7 Å². The fraction of sp³-hybridized carbons (Fsp3) is 0.706. The second kappa shape index (κ2) is 9.40. The molecule has 0 radical (unpaired) electrons. The molecule has 1 aromatic rings. The molecule has 0 saturated carbocycles. The Morgan fingerprint density at radius 3 is 2.76 bits per heavy atom. The Morgan fingerprint density at radius 1 is 1.48 bits per heavy atom. The van der Waals surface area contributed by atoms with Crippen LogP contribution in [0.5, 0.6) is 0 Å². The van der Waals surface area contributed by atoms with Crippen LogP contribution in [0.15, 0.2) is 17.4 Å². The maximum absolute atomic E-state index is 11.8. The van der Waals surface area contributed by atoms with E-state index >= 15 is 0 Å². The van der Waals surface area contributed by atoms with Gasteiger partial charge in [-0.3, -0.25) is 14.5 Å². The summed E-state index contributed by atoms with van der Waals surface area (Å²) < 4.78 is 7.15. The van der Waals surface area contributed by atoms with Crippen LogP contribution in [0, 0.1) is 5.92 Å². The summed E-state index contributed by atoms with van der Waals surface area (Å²) in [5.74, 6) is 1.07. The van der Waals surface area contributed by atoms with Gasteiger partial charge in [-0.15, -0.1) is 24.0 Å². The molecule has 1 aromatic heterocycles. The number of aryl methyl sites for hydroxylation is 1. The molecule has 0 spiro atoms. The van der Waals surface area contributed by atoms with E-state index in [2.05, 4.69) is 26.5 Å². The van der Waals surface area contributed by atoms with E-state index in [0.717, 1.165) is 31.9 Å². The van der Waals surface area contributed by atoms with Crippen molar-refractivity contribution in [1.29, 1.82) is 0 Å². The number of aromatic nitrogens is 2. The molecular weight excluding hydrogens is 433 g/mol. The van der Waals surface area contributed by atoms with Gasteiger partial charge in [0.1, 0.15) is 12.1 Å². The van der Waals surface area contributed by atoms with Crippen LogP contribution in [-0.4, -0.2) is 58.9 Å². The summed E-state index contributed by atoms with van der Waals surface area (Å²) >= 11 is 0. The molecule has 0 amide bonds.